The molecule has 0 saturated carbocycles. The summed E-state index contributed by atoms with van der Waals surface area (Å²) in [4.78, 5) is 28.2. The van der Waals surface area contributed by atoms with Crippen LogP contribution in [-0.4, -0.2) is 36.1 Å². The fourth-order valence-electron chi connectivity index (χ4n) is 2.24. The summed E-state index contributed by atoms with van der Waals surface area (Å²) in [6.07, 6.45) is 0. The second kappa shape index (κ2) is 6.54. The Hall–Kier alpha value is -2.14. The molecule has 1 amide bonds. The van der Waals surface area contributed by atoms with Gasteiger partial charge in [-0.15, -0.1) is 0 Å². The zero-order valence-corrected chi connectivity index (χ0v) is 12.6. The first-order valence-electron chi connectivity index (χ1n) is 6.88. The predicted octanol–water partition coefficient (Wildman–Crippen LogP) is 1.83. The van der Waals surface area contributed by atoms with Crippen molar-refractivity contribution in [2.24, 2.45) is 0 Å². The number of aromatic amines is 1. The van der Waals surface area contributed by atoms with E-state index in [1.54, 1.807) is 12.0 Å². The Bertz CT molecular complexity index is 706. The number of pyridine rings is 1. The van der Waals surface area contributed by atoms with E-state index >= 15 is 0 Å². The lowest BCUT2D eigenvalue weighted by molar-refractivity contribution is -0.130. The van der Waals surface area contributed by atoms with Crippen LogP contribution in [0.3, 0.4) is 0 Å². The molecule has 0 aliphatic carbocycles. The number of nitrogens with one attached hydrogen (secondary N) is 1. The van der Waals surface area contributed by atoms with Gasteiger partial charge in [-0.3, -0.25) is 9.59 Å². The average Bonchev–Trinajstić information content (AvgIpc) is 2.44. The highest BCUT2D eigenvalue weighted by atomic mass is 16.5. The Morgan fingerprint density at radius 2 is 2.10 bits per heavy atom. The van der Waals surface area contributed by atoms with Crippen molar-refractivity contribution >= 4 is 16.8 Å². The van der Waals surface area contributed by atoms with Gasteiger partial charge < -0.3 is 14.6 Å². The Kier molecular flexibility index (Phi) is 4.75. The van der Waals surface area contributed by atoms with Crippen LogP contribution < -0.4 is 5.56 Å². The normalized spacial score (nSPS) is 10.8. The number of carbonyl (C=O) groups excluding carboxylic acids is 1. The summed E-state index contributed by atoms with van der Waals surface area (Å²) in [5, 5.41) is 0.972. The molecule has 0 bridgehead atoms. The quantitative estimate of drug-likeness (QED) is 0.913. The molecule has 5 nitrogen and oxygen atoms in total. The number of hydrogen-bond donors (Lipinski definition) is 1. The van der Waals surface area contributed by atoms with Crippen molar-refractivity contribution in [3.8, 4) is 0 Å². The van der Waals surface area contributed by atoms with E-state index in [1.807, 2.05) is 31.2 Å². The molecule has 1 N–H and O–H groups in total. The molecule has 0 saturated heterocycles. The summed E-state index contributed by atoms with van der Waals surface area (Å²) in [5.74, 6) is -0.0733. The highest BCUT2D eigenvalue weighted by Gasteiger charge is 2.12. The first-order valence-corrected chi connectivity index (χ1v) is 6.88. The van der Waals surface area contributed by atoms with Gasteiger partial charge in [0.2, 0.25) is 5.91 Å². The summed E-state index contributed by atoms with van der Waals surface area (Å²) >= 11 is 0. The molecule has 0 atom stereocenters. The molecular weight excluding hydrogens is 268 g/mol. The number of aromatic nitrogens is 1. The van der Waals surface area contributed by atoms with Gasteiger partial charge in [0, 0.05) is 31.7 Å². The van der Waals surface area contributed by atoms with Crippen LogP contribution in [0.1, 0.15) is 18.1 Å². The number of nitrogens with zero attached hydrogens (tertiary/aromatic N) is 1. The van der Waals surface area contributed by atoms with Gasteiger partial charge in [0.1, 0.15) is 0 Å². The standard InChI is InChI=1S/C16H20N2O3/c1-11-4-5-15-13(8-11)9-14(16(20)17-15)10-18(12(2)19)6-7-21-3/h4-5,8-9H,6-7,10H2,1-3H3,(H,17,20). The molecule has 5 heteroatoms. The molecular formula is C16H20N2O3. The molecule has 1 aromatic carbocycles. The van der Waals surface area contributed by atoms with Crippen molar-refractivity contribution in [2.75, 3.05) is 20.3 Å². The number of amides is 1. The van der Waals surface area contributed by atoms with Crippen molar-refractivity contribution in [1.82, 2.24) is 9.88 Å². The molecule has 0 unspecified atom stereocenters. The fraction of sp³-hybridized carbons (Fsp3) is 0.375. The van der Waals surface area contributed by atoms with Crippen molar-refractivity contribution < 1.29 is 9.53 Å². The number of carbonyl (C=O) groups is 1. The molecule has 0 fully saturated rings. The predicted molar refractivity (Wildman–Crippen MR) is 82.3 cm³/mol. The maximum Gasteiger partial charge on any atom is 0.253 e. The molecule has 1 aromatic heterocycles. The van der Waals surface area contributed by atoms with Gasteiger partial charge in [0.25, 0.3) is 5.56 Å². The van der Waals surface area contributed by atoms with Gasteiger partial charge >= 0.3 is 0 Å². The molecule has 0 aliphatic rings. The van der Waals surface area contributed by atoms with E-state index in [-0.39, 0.29) is 18.0 Å². The first kappa shape index (κ1) is 15.3. The third kappa shape index (κ3) is 3.70. The van der Waals surface area contributed by atoms with Crippen LogP contribution in [0.15, 0.2) is 29.1 Å². The van der Waals surface area contributed by atoms with E-state index < -0.39 is 0 Å². The Morgan fingerprint density at radius 1 is 1.33 bits per heavy atom. The van der Waals surface area contributed by atoms with Crippen LogP contribution in [0, 0.1) is 6.92 Å². The number of fused-ring (bicyclic) bond motifs is 1. The number of ether oxygens (including phenoxy) is 1. The number of methoxy groups -OCH3 is 1. The van der Waals surface area contributed by atoms with E-state index in [2.05, 4.69) is 4.98 Å². The largest absolute Gasteiger partial charge is 0.383 e. The second-order valence-corrected chi connectivity index (χ2v) is 5.15. The van der Waals surface area contributed by atoms with E-state index in [9.17, 15) is 9.59 Å². The van der Waals surface area contributed by atoms with Crippen LogP contribution in [-0.2, 0) is 16.1 Å². The lowest BCUT2D eigenvalue weighted by Gasteiger charge is -2.20. The lowest BCUT2D eigenvalue weighted by Crippen LogP contribution is -2.33. The molecule has 1 heterocycles. The summed E-state index contributed by atoms with van der Waals surface area (Å²) in [7, 11) is 1.59. The Balaban J connectivity index is 2.33. The summed E-state index contributed by atoms with van der Waals surface area (Å²) in [5.41, 5.74) is 2.36. The van der Waals surface area contributed by atoms with E-state index in [1.165, 1.54) is 6.92 Å². The minimum atomic E-state index is -0.157. The van der Waals surface area contributed by atoms with Gasteiger partial charge in [0.15, 0.2) is 0 Å². The van der Waals surface area contributed by atoms with Gasteiger partial charge in [-0.25, -0.2) is 0 Å². The van der Waals surface area contributed by atoms with Crippen molar-refractivity contribution in [2.45, 2.75) is 20.4 Å². The highest BCUT2D eigenvalue weighted by molar-refractivity contribution is 5.80. The van der Waals surface area contributed by atoms with Crippen LogP contribution in [0.5, 0.6) is 0 Å². The minimum absolute atomic E-state index is 0.0733. The number of benzene rings is 1. The Morgan fingerprint density at radius 3 is 2.76 bits per heavy atom. The zero-order valence-electron chi connectivity index (χ0n) is 12.6. The molecule has 112 valence electrons. The molecule has 0 spiro atoms. The second-order valence-electron chi connectivity index (χ2n) is 5.15. The fourth-order valence-corrected chi connectivity index (χ4v) is 2.24. The summed E-state index contributed by atoms with van der Waals surface area (Å²) < 4.78 is 5.00. The SMILES string of the molecule is COCCN(Cc1cc2cc(C)ccc2[nH]c1=O)C(C)=O. The van der Waals surface area contributed by atoms with E-state index in [4.69, 9.17) is 4.74 Å². The molecule has 0 aliphatic heterocycles. The van der Waals surface area contributed by atoms with Crippen LogP contribution >= 0.6 is 0 Å². The smallest absolute Gasteiger partial charge is 0.253 e. The van der Waals surface area contributed by atoms with Crippen LogP contribution in [0.4, 0.5) is 0 Å². The lowest BCUT2D eigenvalue weighted by atomic mass is 10.1. The molecule has 2 rings (SSSR count). The number of rotatable bonds is 5. The molecule has 2 aromatic rings. The van der Waals surface area contributed by atoms with Gasteiger partial charge in [-0.2, -0.15) is 0 Å². The van der Waals surface area contributed by atoms with Crippen LogP contribution in [0.25, 0.3) is 10.9 Å². The van der Waals surface area contributed by atoms with Crippen molar-refractivity contribution in [3.05, 3.63) is 45.7 Å². The zero-order chi connectivity index (χ0) is 15.4. The Labute approximate surface area is 123 Å². The summed E-state index contributed by atoms with van der Waals surface area (Å²) in [6.45, 7) is 4.71. The monoisotopic (exact) mass is 288 g/mol. The van der Waals surface area contributed by atoms with Crippen LogP contribution in [0.2, 0.25) is 0 Å². The average molecular weight is 288 g/mol. The minimum Gasteiger partial charge on any atom is -0.383 e. The van der Waals surface area contributed by atoms with E-state index in [0.717, 1.165) is 16.5 Å². The summed E-state index contributed by atoms with van der Waals surface area (Å²) in [6, 6.07) is 7.72. The van der Waals surface area contributed by atoms with Gasteiger partial charge in [-0.05, 0) is 30.5 Å². The maximum atomic E-state index is 12.1. The van der Waals surface area contributed by atoms with Crippen molar-refractivity contribution in [1.29, 1.82) is 0 Å². The molecule has 0 radical (unpaired) electrons. The first-order chi connectivity index (χ1) is 10.0. The van der Waals surface area contributed by atoms with Gasteiger partial charge in [0.05, 0.1) is 13.2 Å². The topological polar surface area (TPSA) is 62.4 Å². The number of aryl methyl sites for hydroxylation is 1. The number of H-pyrrole nitrogens is 1. The van der Waals surface area contributed by atoms with Crippen molar-refractivity contribution in [3.63, 3.8) is 0 Å². The van der Waals surface area contributed by atoms with Gasteiger partial charge in [-0.1, -0.05) is 11.6 Å². The van der Waals surface area contributed by atoms with E-state index in [0.29, 0.717) is 18.7 Å². The highest BCUT2D eigenvalue weighted by Crippen LogP contribution is 2.14. The molecule has 21 heavy (non-hydrogen) atoms. The number of hydrogen-bond acceptors (Lipinski definition) is 3. The third-order valence-corrected chi connectivity index (χ3v) is 3.45. The third-order valence-electron chi connectivity index (χ3n) is 3.45. The maximum absolute atomic E-state index is 12.1.